The molecular weight excluding hydrogens is 254 g/mol. The molecule has 0 amide bonds. The first-order valence-electron chi connectivity index (χ1n) is 6.99. The Morgan fingerprint density at radius 2 is 1.80 bits per heavy atom. The smallest absolute Gasteiger partial charge is 0.160 e. The fourth-order valence-electron chi connectivity index (χ4n) is 3.15. The predicted octanol–water partition coefficient (Wildman–Crippen LogP) is 2.79. The Morgan fingerprint density at radius 1 is 1.20 bits per heavy atom. The van der Waals surface area contributed by atoms with Crippen LogP contribution >= 0.6 is 0 Å². The molecule has 1 N–H and O–H groups in total. The molecule has 0 aromatic heterocycles. The Labute approximate surface area is 121 Å². The summed E-state index contributed by atoms with van der Waals surface area (Å²) in [4.78, 5) is 2.37. The summed E-state index contributed by atoms with van der Waals surface area (Å²) in [7, 11) is 1.56. The van der Waals surface area contributed by atoms with Gasteiger partial charge in [-0.15, -0.1) is 0 Å². The number of phenols is 1. The average molecular weight is 279 g/mol. The van der Waals surface area contributed by atoms with Crippen LogP contribution in [0.15, 0.2) is 18.2 Å². The van der Waals surface area contributed by atoms with Gasteiger partial charge in [-0.25, -0.2) is 0 Å². The lowest BCUT2D eigenvalue weighted by Crippen LogP contribution is -2.56. The van der Waals surface area contributed by atoms with Crippen molar-refractivity contribution in [3.05, 3.63) is 23.8 Å². The SMILES string of the molecule is COc1ccc(CN2CC(C)(C)OC(C)(C)C2)cc1O. The third-order valence-electron chi connectivity index (χ3n) is 3.41. The molecule has 1 aliphatic heterocycles. The standard InChI is InChI=1S/C16H25NO3/c1-15(2)10-17(11-16(3,4)20-15)9-12-6-7-14(19-5)13(18)8-12/h6-8,18H,9-11H2,1-5H3. The summed E-state index contributed by atoms with van der Waals surface area (Å²) in [6, 6.07) is 5.57. The van der Waals surface area contributed by atoms with Crippen LogP contribution in [-0.2, 0) is 11.3 Å². The van der Waals surface area contributed by atoms with E-state index in [4.69, 9.17) is 9.47 Å². The van der Waals surface area contributed by atoms with Crippen LogP contribution in [0.5, 0.6) is 11.5 Å². The molecule has 20 heavy (non-hydrogen) atoms. The second-order valence-corrected chi connectivity index (χ2v) is 6.77. The minimum absolute atomic E-state index is 0.156. The molecular formula is C16H25NO3. The first-order valence-corrected chi connectivity index (χ1v) is 6.99. The Kier molecular flexibility index (Phi) is 3.98. The van der Waals surface area contributed by atoms with Gasteiger partial charge in [0.25, 0.3) is 0 Å². The van der Waals surface area contributed by atoms with E-state index in [0.29, 0.717) is 5.75 Å². The van der Waals surface area contributed by atoms with Gasteiger partial charge in [0.15, 0.2) is 11.5 Å². The average Bonchev–Trinajstić information content (AvgIpc) is 2.24. The van der Waals surface area contributed by atoms with Gasteiger partial charge < -0.3 is 14.6 Å². The first kappa shape index (κ1) is 15.1. The van der Waals surface area contributed by atoms with Crippen molar-refractivity contribution >= 4 is 0 Å². The Bertz CT molecular complexity index is 467. The van der Waals surface area contributed by atoms with E-state index in [1.54, 1.807) is 19.2 Å². The fraction of sp³-hybridized carbons (Fsp3) is 0.625. The molecule has 1 fully saturated rings. The molecule has 2 rings (SSSR count). The molecule has 0 bridgehead atoms. The monoisotopic (exact) mass is 279 g/mol. The minimum atomic E-state index is -0.156. The van der Waals surface area contributed by atoms with Crippen molar-refractivity contribution < 1.29 is 14.6 Å². The number of phenolic OH excluding ortho intramolecular Hbond substituents is 1. The zero-order chi connectivity index (χ0) is 15.0. The van der Waals surface area contributed by atoms with Crippen molar-refractivity contribution in [1.82, 2.24) is 4.90 Å². The lowest BCUT2D eigenvalue weighted by molar-refractivity contribution is -0.182. The molecule has 0 atom stereocenters. The van der Waals surface area contributed by atoms with Gasteiger partial charge in [-0.2, -0.15) is 0 Å². The number of rotatable bonds is 3. The maximum atomic E-state index is 9.86. The van der Waals surface area contributed by atoms with E-state index in [-0.39, 0.29) is 17.0 Å². The van der Waals surface area contributed by atoms with Crippen LogP contribution in [0.1, 0.15) is 33.3 Å². The van der Waals surface area contributed by atoms with E-state index in [2.05, 4.69) is 32.6 Å². The van der Waals surface area contributed by atoms with Crippen LogP contribution in [0.4, 0.5) is 0 Å². The summed E-state index contributed by atoms with van der Waals surface area (Å²) in [6.07, 6.45) is 0. The zero-order valence-electron chi connectivity index (χ0n) is 13.1. The predicted molar refractivity (Wildman–Crippen MR) is 79.2 cm³/mol. The highest BCUT2D eigenvalue weighted by molar-refractivity contribution is 5.41. The zero-order valence-corrected chi connectivity index (χ0v) is 13.1. The van der Waals surface area contributed by atoms with Crippen molar-refractivity contribution in [2.24, 2.45) is 0 Å². The first-order chi connectivity index (χ1) is 9.21. The number of hydrogen-bond acceptors (Lipinski definition) is 4. The van der Waals surface area contributed by atoms with Gasteiger partial charge in [0, 0.05) is 19.6 Å². The topological polar surface area (TPSA) is 41.9 Å². The lowest BCUT2D eigenvalue weighted by atomic mass is 9.98. The third kappa shape index (κ3) is 3.64. The van der Waals surface area contributed by atoms with Crippen LogP contribution in [0.3, 0.4) is 0 Å². The molecule has 1 aromatic rings. The van der Waals surface area contributed by atoms with Crippen molar-refractivity contribution in [3.8, 4) is 11.5 Å². The number of ether oxygens (including phenoxy) is 2. The molecule has 0 unspecified atom stereocenters. The number of methoxy groups -OCH3 is 1. The quantitative estimate of drug-likeness (QED) is 0.924. The Balaban J connectivity index is 2.11. The largest absolute Gasteiger partial charge is 0.504 e. The van der Waals surface area contributed by atoms with Gasteiger partial charge in [-0.3, -0.25) is 4.90 Å². The van der Waals surface area contributed by atoms with Crippen molar-refractivity contribution in [1.29, 1.82) is 0 Å². The second kappa shape index (κ2) is 5.26. The van der Waals surface area contributed by atoms with Gasteiger partial charge >= 0.3 is 0 Å². The summed E-state index contributed by atoms with van der Waals surface area (Å²) in [5.41, 5.74) is 0.767. The normalized spacial score (nSPS) is 21.6. The second-order valence-electron chi connectivity index (χ2n) is 6.77. The van der Waals surface area contributed by atoms with Crippen LogP contribution in [-0.4, -0.2) is 41.4 Å². The molecule has 1 aliphatic rings. The molecule has 1 saturated heterocycles. The molecule has 1 heterocycles. The van der Waals surface area contributed by atoms with E-state index in [1.165, 1.54) is 0 Å². The highest BCUT2D eigenvalue weighted by Gasteiger charge is 2.37. The van der Waals surface area contributed by atoms with E-state index < -0.39 is 0 Å². The third-order valence-corrected chi connectivity index (χ3v) is 3.41. The Morgan fingerprint density at radius 3 is 2.30 bits per heavy atom. The molecule has 4 heteroatoms. The maximum Gasteiger partial charge on any atom is 0.160 e. The summed E-state index contributed by atoms with van der Waals surface area (Å²) in [5.74, 6) is 0.702. The fourth-order valence-corrected chi connectivity index (χ4v) is 3.15. The highest BCUT2D eigenvalue weighted by atomic mass is 16.5. The highest BCUT2D eigenvalue weighted by Crippen LogP contribution is 2.31. The summed E-state index contributed by atoms with van der Waals surface area (Å²) in [5, 5.41) is 9.86. The van der Waals surface area contributed by atoms with E-state index >= 15 is 0 Å². The van der Waals surface area contributed by atoms with Gasteiger partial charge in [0.05, 0.1) is 18.3 Å². The van der Waals surface area contributed by atoms with Crippen molar-refractivity contribution in [2.75, 3.05) is 20.2 Å². The number of morpholine rings is 1. The van der Waals surface area contributed by atoms with E-state index in [0.717, 1.165) is 25.2 Å². The van der Waals surface area contributed by atoms with E-state index in [9.17, 15) is 5.11 Å². The number of benzene rings is 1. The minimum Gasteiger partial charge on any atom is -0.504 e. The summed E-state index contributed by atoms with van der Waals surface area (Å²) >= 11 is 0. The number of nitrogens with zero attached hydrogens (tertiary/aromatic N) is 1. The van der Waals surface area contributed by atoms with Crippen LogP contribution < -0.4 is 4.74 Å². The molecule has 0 spiro atoms. The van der Waals surface area contributed by atoms with Crippen LogP contribution in [0.2, 0.25) is 0 Å². The Hall–Kier alpha value is -1.26. The lowest BCUT2D eigenvalue weighted by Gasteiger charge is -2.47. The molecule has 0 radical (unpaired) electrons. The van der Waals surface area contributed by atoms with Gasteiger partial charge in [0.1, 0.15) is 0 Å². The summed E-state index contributed by atoms with van der Waals surface area (Å²) < 4.78 is 11.2. The van der Waals surface area contributed by atoms with Crippen molar-refractivity contribution in [2.45, 2.75) is 45.4 Å². The maximum absolute atomic E-state index is 9.86. The van der Waals surface area contributed by atoms with Gasteiger partial charge in [-0.1, -0.05) is 6.07 Å². The van der Waals surface area contributed by atoms with E-state index in [1.807, 2.05) is 6.07 Å². The number of aromatic hydroxyl groups is 1. The van der Waals surface area contributed by atoms with Gasteiger partial charge in [-0.05, 0) is 45.4 Å². The molecule has 112 valence electrons. The van der Waals surface area contributed by atoms with Crippen LogP contribution in [0, 0.1) is 0 Å². The van der Waals surface area contributed by atoms with Crippen LogP contribution in [0.25, 0.3) is 0 Å². The summed E-state index contributed by atoms with van der Waals surface area (Å²) in [6.45, 7) is 11.0. The van der Waals surface area contributed by atoms with Crippen molar-refractivity contribution in [3.63, 3.8) is 0 Å². The number of hydrogen-bond donors (Lipinski definition) is 1. The molecule has 1 aromatic carbocycles. The molecule has 0 aliphatic carbocycles. The van der Waals surface area contributed by atoms with Gasteiger partial charge in [0.2, 0.25) is 0 Å². The molecule has 4 nitrogen and oxygen atoms in total. The molecule has 0 saturated carbocycles.